The standard InChI is InChI=1S/C14H18N2O3/c17-13(18)9-15-14(19)12-6-2-1-5-11(12)10-16-7-3-4-8-16/h1-2,5-6H,3-4,7-10H2,(H,15,19)(H,17,18). The fourth-order valence-corrected chi connectivity index (χ4v) is 2.31. The van der Waals surface area contributed by atoms with Crippen LogP contribution in [-0.4, -0.2) is 41.5 Å². The van der Waals surface area contributed by atoms with E-state index in [4.69, 9.17) is 5.11 Å². The first-order chi connectivity index (χ1) is 9.16. The summed E-state index contributed by atoms with van der Waals surface area (Å²) >= 11 is 0. The lowest BCUT2D eigenvalue weighted by molar-refractivity contribution is -0.135. The minimum atomic E-state index is -1.04. The van der Waals surface area contributed by atoms with Crippen molar-refractivity contribution in [3.05, 3.63) is 35.4 Å². The summed E-state index contributed by atoms with van der Waals surface area (Å²) in [5.74, 6) is -1.36. The zero-order chi connectivity index (χ0) is 13.7. The van der Waals surface area contributed by atoms with E-state index >= 15 is 0 Å². The zero-order valence-corrected chi connectivity index (χ0v) is 10.8. The largest absolute Gasteiger partial charge is 0.480 e. The average molecular weight is 262 g/mol. The molecule has 2 rings (SSSR count). The van der Waals surface area contributed by atoms with Crippen LogP contribution in [0.15, 0.2) is 24.3 Å². The Morgan fingerprint density at radius 1 is 1.21 bits per heavy atom. The third-order valence-corrected chi connectivity index (χ3v) is 3.25. The lowest BCUT2D eigenvalue weighted by Gasteiger charge is -2.17. The van der Waals surface area contributed by atoms with Crippen LogP contribution in [0.25, 0.3) is 0 Å². The molecule has 102 valence electrons. The topological polar surface area (TPSA) is 69.6 Å². The monoisotopic (exact) mass is 262 g/mol. The molecule has 1 saturated heterocycles. The highest BCUT2D eigenvalue weighted by molar-refractivity contribution is 5.97. The van der Waals surface area contributed by atoms with Crippen molar-refractivity contribution in [3.8, 4) is 0 Å². The number of aliphatic carboxylic acids is 1. The van der Waals surface area contributed by atoms with Gasteiger partial charge in [0.2, 0.25) is 0 Å². The lowest BCUT2D eigenvalue weighted by Crippen LogP contribution is -2.30. The van der Waals surface area contributed by atoms with Gasteiger partial charge >= 0.3 is 5.97 Å². The molecule has 1 aliphatic rings. The Balaban J connectivity index is 2.06. The molecule has 0 bridgehead atoms. The highest BCUT2D eigenvalue weighted by Crippen LogP contribution is 2.16. The molecular weight excluding hydrogens is 244 g/mol. The van der Waals surface area contributed by atoms with E-state index in [0.29, 0.717) is 5.56 Å². The van der Waals surface area contributed by atoms with Crippen LogP contribution in [-0.2, 0) is 11.3 Å². The fraction of sp³-hybridized carbons (Fsp3) is 0.429. The van der Waals surface area contributed by atoms with Crippen molar-refractivity contribution < 1.29 is 14.7 Å². The van der Waals surface area contributed by atoms with Crippen LogP contribution < -0.4 is 5.32 Å². The third kappa shape index (κ3) is 3.79. The molecule has 2 N–H and O–H groups in total. The number of carbonyl (C=O) groups excluding carboxylic acids is 1. The van der Waals surface area contributed by atoms with E-state index in [0.717, 1.165) is 25.2 Å². The minimum Gasteiger partial charge on any atom is -0.480 e. The number of benzene rings is 1. The number of rotatable bonds is 5. The van der Waals surface area contributed by atoms with Crippen molar-refractivity contribution in [3.63, 3.8) is 0 Å². The van der Waals surface area contributed by atoms with Crippen LogP contribution in [0, 0.1) is 0 Å². The van der Waals surface area contributed by atoms with E-state index in [9.17, 15) is 9.59 Å². The maximum Gasteiger partial charge on any atom is 0.322 e. The van der Waals surface area contributed by atoms with Gasteiger partial charge in [-0.05, 0) is 37.6 Å². The minimum absolute atomic E-state index is 0.322. The Morgan fingerprint density at radius 2 is 1.89 bits per heavy atom. The molecule has 1 heterocycles. The van der Waals surface area contributed by atoms with Gasteiger partial charge in [-0.25, -0.2) is 0 Å². The summed E-state index contributed by atoms with van der Waals surface area (Å²) in [6.07, 6.45) is 2.40. The molecule has 1 amide bonds. The van der Waals surface area contributed by atoms with E-state index in [2.05, 4.69) is 10.2 Å². The number of hydrogen-bond acceptors (Lipinski definition) is 3. The predicted octanol–water partition coefficient (Wildman–Crippen LogP) is 1.10. The summed E-state index contributed by atoms with van der Waals surface area (Å²) in [7, 11) is 0. The maximum absolute atomic E-state index is 12.0. The van der Waals surface area contributed by atoms with E-state index in [1.807, 2.05) is 12.1 Å². The normalized spacial score (nSPS) is 15.4. The second-order valence-corrected chi connectivity index (χ2v) is 4.72. The highest BCUT2D eigenvalue weighted by atomic mass is 16.4. The van der Waals surface area contributed by atoms with Gasteiger partial charge in [0, 0.05) is 12.1 Å². The van der Waals surface area contributed by atoms with Crippen molar-refractivity contribution >= 4 is 11.9 Å². The van der Waals surface area contributed by atoms with Crippen molar-refractivity contribution in [2.75, 3.05) is 19.6 Å². The van der Waals surface area contributed by atoms with Gasteiger partial charge in [-0.15, -0.1) is 0 Å². The number of amides is 1. The number of carboxylic acids is 1. The Hall–Kier alpha value is -1.88. The number of carbonyl (C=O) groups is 2. The molecule has 0 unspecified atom stereocenters. The Morgan fingerprint density at radius 3 is 2.58 bits per heavy atom. The summed E-state index contributed by atoms with van der Waals surface area (Å²) in [5, 5.41) is 11.0. The molecule has 1 fully saturated rings. The molecule has 5 nitrogen and oxygen atoms in total. The third-order valence-electron chi connectivity index (χ3n) is 3.25. The number of nitrogens with zero attached hydrogens (tertiary/aromatic N) is 1. The molecule has 0 aromatic heterocycles. The van der Waals surface area contributed by atoms with Crippen LogP contribution in [0.2, 0.25) is 0 Å². The SMILES string of the molecule is O=C(O)CNC(=O)c1ccccc1CN1CCCC1. The van der Waals surface area contributed by atoms with Crippen LogP contribution in [0.4, 0.5) is 0 Å². The molecule has 0 radical (unpaired) electrons. The lowest BCUT2D eigenvalue weighted by atomic mass is 10.1. The summed E-state index contributed by atoms with van der Waals surface area (Å²) in [6, 6.07) is 7.36. The van der Waals surface area contributed by atoms with Crippen molar-refractivity contribution in [2.24, 2.45) is 0 Å². The Labute approximate surface area is 112 Å². The zero-order valence-electron chi connectivity index (χ0n) is 10.8. The molecule has 0 saturated carbocycles. The Kier molecular flexibility index (Phi) is 4.52. The highest BCUT2D eigenvalue weighted by Gasteiger charge is 2.16. The molecule has 1 aliphatic heterocycles. The quantitative estimate of drug-likeness (QED) is 0.833. The maximum atomic E-state index is 12.0. The second kappa shape index (κ2) is 6.33. The van der Waals surface area contributed by atoms with Gasteiger partial charge in [0.1, 0.15) is 6.54 Å². The molecular formula is C14H18N2O3. The summed E-state index contributed by atoms with van der Waals surface area (Å²) < 4.78 is 0. The van der Waals surface area contributed by atoms with Crippen LogP contribution >= 0.6 is 0 Å². The average Bonchev–Trinajstić information content (AvgIpc) is 2.89. The van der Waals surface area contributed by atoms with Gasteiger partial charge in [0.25, 0.3) is 5.91 Å². The Bertz CT molecular complexity index is 468. The first-order valence-corrected chi connectivity index (χ1v) is 6.47. The summed E-state index contributed by atoms with van der Waals surface area (Å²) in [5.41, 5.74) is 1.52. The van der Waals surface area contributed by atoms with Crippen molar-refractivity contribution in [1.29, 1.82) is 0 Å². The first-order valence-electron chi connectivity index (χ1n) is 6.47. The van der Waals surface area contributed by atoms with E-state index in [1.54, 1.807) is 12.1 Å². The van der Waals surface area contributed by atoms with Gasteiger partial charge in [-0.3, -0.25) is 14.5 Å². The van der Waals surface area contributed by atoms with Crippen LogP contribution in [0.5, 0.6) is 0 Å². The molecule has 5 heteroatoms. The van der Waals surface area contributed by atoms with E-state index in [-0.39, 0.29) is 12.5 Å². The van der Waals surface area contributed by atoms with Gasteiger partial charge < -0.3 is 10.4 Å². The number of hydrogen-bond donors (Lipinski definition) is 2. The van der Waals surface area contributed by atoms with Gasteiger partial charge in [0.05, 0.1) is 0 Å². The second-order valence-electron chi connectivity index (χ2n) is 4.72. The first kappa shape index (κ1) is 13.5. The van der Waals surface area contributed by atoms with Gasteiger partial charge in [0.15, 0.2) is 0 Å². The van der Waals surface area contributed by atoms with Crippen molar-refractivity contribution in [2.45, 2.75) is 19.4 Å². The molecule has 1 aromatic rings. The van der Waals surface area contributed by atoms with E-state index in [1.165, 1.54) is 12.8 Å². The predicted molar refractivity (Wildman–Crippen MR) is 70.9 cm³/mol. The van der Waals surface area contributed by atoms with Gasteiger partial charge in [-0.2, -0.15) is 0 Å². The fourth-order valence-electron chi connectivity index (χ4n) is 2.31. The number of carboxylic acid groups (broad SMARTS) is 1. The number of likely N-dealkylation sites (tertiary alicyclic amines) is 1. The van der Waals surface area contributed by atoms with Crippen LogP contribution in [0.3, 0.4) is 0 Å². The van der Waals surface area contributed by atoms with Crippen molar-refractivity contribution in [1.82, 2.24) is 10.2 Å². The van der Waals surface area contributed by atoms with Crippen LogP contribution in [0.1, 0.15) is 28.8 Å². The molecule has 0 aliphatic carbocycles. The molecule has 19 heavy (non-hydrogen) atoms. The molecule has 0 atom stereocenters. The smallest absolute Gasteiger partial charge is 0.322 e. The summed E-state index contributed by atoms with van der Waals surface area (Å²) in [6.45, 7) is 2.52. The summed E-state index contributed by atoms with van der Waals surface area (Å²) in [4.78, 5) is 24.7. The van der Waals surface area contributed by atoms with Gasteiger partial charge in [-0.1, -0.05) is 18.2 Å². The van der Waals surface area contributed by atoms with E-state index < -0.39 is 5.97 Å². The molecule has 0 spiro atoms. The number of nitrogens with one attached hydrogen (secondary N) is 1. The molecule has 1 aromatic carbocycles.